The summed E-state index contributed by atoms with van der Waals surface area (Å²) in [6.07, 6.45) is 0. The van der Waals surface area contributed by atoms with Crippen molar-refractivity contribution in [3.63, 3.8) is 0 Å². The Morgan fingerprint density at radius 1 is 1.15 bits per heavy atom. The second kappa shape index (κ2) is 5.61. The van der Waals surface area contributed by atoms with Gasteiger partial charge in [-0.2, -0.15) is 0 Å². The van der Waals surface area contributed by atoms with Crippen molar-refractivity contribution in [2.45, 2.75) is 0 Å². The Hall–Kier alpha value is -2.56. The second-order valence-corrected chi connectivity index (χ2v) is 4.14. The van der Waals surface area contributed by atoms with E-state index in [0.717, 1.165) is 0 Å². The first-order chi connectivity index (χ1) is 9.56. The molecule has 0 bridgehead atoms. The molecule has 0 amide bonds. The normalized spacial score (nSPS) is 10.2. The van der Waals surface area contributed by atoms with Crippen LogP contribution in [0.25, 0.3) is 11.1 Å². The number of carbonyl (C=O) groups excluding carboxylic acids is 1. The van der Waals surface area contributed by atoms with Crippen LogP contribution in [-0.4, -0.2) is 20.2 Å². The largest absolute Gasteiger partial charge is 0.496 e. The van der Waals surface area contributed by atoms with Gasteiger partial charge in [0, 0.05) is 11.3 Å². The van der Waals surface area contributed by atoms with Crippen LogP contribution < -0.4 is 10.5 Å². The van der Waals surface area contributed by atoms with E-state index in [4.69, 9.17) is 10.5 Å². The zero-order valence-corrected chi connectivity index (χ0v) is 11.1. The number of methoxy groups -OCH3 is 2. The number of hydrogen-bond acceptors (Lipinski definition) is 4. The van der Waals surface area contributed by atoms with Gasteiger partial charge in [0.25, 0.3) is 0 Å². The lowest BCUT2D eigenvalue weighted by Gasteiger charge is -2.11. The fraction of sp³-hybridized carbons (Fsp3) is 0.133. The summed E-state index contributed by atoms with van der Waals surface area (Å²) < 4.78 is 23.2. The number of rotatable bonds is 3. The highest BCUT2D eigenvalue weighted by atomic mass is 19.1. The number of benzene rings is 2. The Balaban J connectivity index is 2.52. The molecule has 0 aromatic heterocycles. The molecule has 0 radical (unpaired) electrons. The SMILES string of the molecule is COC(=O)c1ccc(-c2cc(F)ccc2OC)cc1N. The molecule has 2 rings (SSSR count). The maximum absolute atomic E-state index is 13.4. The van der Waals surface area contributed by atoms with Gasteiger partial charge in [0.2, 0.25) is 0 Å². The molecule has 0 saturated heterocycles. The van der Waals surface area contributed by atoms with Crippen LogP contribution in [0.15, 0.2) is 36.4 Å². The standard InChI is InChI=1S/C15H14FNO3/c1-19-14-6-4-10(16)8-12(14)9-3-5-11(13(17)7-9)15(18)20-2/h3-8H,17H2,1-2H3. The van der Waals surface area contributed by atoms with E-state index in [-0.39, 0.29) is 17.1 Å². The molecular formula is C15H14FNO3. The average molecular weight is 275 g/mol. The molecule has 0 aliphatic carbocycles. The van der Waals surface area contributed by atoms with Gasteiger partial charge in [0.05, 0.1) is 19.8 Å². The van der Waals surface area contributed by atoms with Crippen LogP contribution in [0.2, 0.25) is 0 Å². The van der Waals surface area contributed by atoms with Gasteiger partial charge in [-0.3, -0.25) is 0 Å². The molecule has 4 nitrogen and oxygen atoms in total. The van der Waals surface area contributed by atoms with Crippen molar-refractivity contribution in [2.24, 2.45) is 0 Å². The molecule has 0 spiro atoms. The van der Waals surface area contributed by atoms with Gasteiger partial charge in [-0.15, -0.1) is 0 Å². The lowest BCUT2D eigenvalue weighted by Crippen LogP contribution is -2.05. The molecule has 0 aliphatic rings. The fourth-order valence-corrected chi connectivity index (χ4v) is 1.93. The third kappa shape index (κ3) is 2.56. The van der Waals surface area contributed by atoms with Crippen LogP contribution in [-0.2, 0) is 4.74 Å². The summed E-state index contributed by atoms with van der Waals surface area (Å²) in [4.78, 5) is 11.5. The molecule has 0 atom stereocenters. The summed E-state index contributed by atoms with van der Waals surface area (Å²) >= 11 is 0. The van der Waals surface area contributed by atoms with Crippen molar-refractivity contribution < 1.29 is 18.7 Å². The summed E-state index contributed by atoms with van der Waals surface area (Å²) in [5, 5.41) is 0. The van der Waals surface area contributed by atoms with Crippen molar-refractivity contribution in [3.8, 4) is 16.9 Å². The molecule has 2 aromatic carbocycles. The predicted octanol–water partition coefficient (Wildman–Crippen LogP) is 2.87. The minimum absolute atomic E-state index is 0.265. The Kier molecular flexibility index (Phi) is 3.89. The summed E-state index contributed by atoms with van der Waals surface area (Å²) in [5.41, 5.74) is 7.59. The van der Waals surface area contributed by atoms with E-state index in [2.05, 4.69) is 4.74 Å². The zero-order valence-electron chi connectivity index (χ0n) is 11.1. The highest BCUT2D eigenvalue weighted by molar-refractivity contribution is 5.96. The zero-order chi connectivity index (χ0) is 14.7. The van der Waals surface area contributed by atoms with Crippen molar-refractivity contribution in [1.29, 1.82) is 0 Å². The minimum Gasteiger partial charge on any atom is -0.496 e. The number of nitrogens with two attached hydrogens (primary N) is 1. The van der Waals surface area contributed by atoms with Crippen molar-refractivity contribution in [1.82, 2.24) is 0 Å². The Morgan fingerprint density at radius 2 is 1.90 bits per heavy atom. The van der Waals surface area contributed by atoms with Gasteiger partial charge < -0.3 is 15.2 Å². The molecule has 2 aromatic rings. The second-order valence-electron chi connectivity index (χ2n) is 4.14. The molecule has 0 saturated carbocycles. The van der Waals surface area contributed by atoms with E-state index in [0.29, 0.717) is 16.9 Å². The number of anilines is 1. The topological polar surface area (TPSA) is 61.5 Å². The van der Waals surface area contributed by atoms with Gasteiger partial charge in [-0.1, -0.05) is 6.07 Å². The smallest absolute Gasteiger partial charge is 0.339 e. The number of esters is 1. The fourth-order valence-electron chi connectivity index (χ4n) is 1.93. The highest BCUT2D eigenvalue weighted by Crippen LogP contribution is 2.32. The molecule has 104 valence electrons. The predicted molar refractivity (Wildman–Crippen MR) is 74.1 cm³/mol. The van der Waals surface area contributed by atoms with E-state index in [1.54, 1.807) is 18.2 Å². The highest BCUT2D eigenvalue weighted by Gasteiger charge is 2.13. The number of halogens is 1. The van der Waals surface area contributed by atoms with E-state index in [1.165, 1.54) is 32.4 Å². The number of ether oxygens (including phenoxy) is 2. The third-order valence-electron chi connectivity index (χ3n) is 2.93. The van der Waals surface area contributed by atoms with Crippen LogP contribution >= 0.6 is 0 Å². The lowest BCUT2D eigenvalue weighted by atomic mass is 10.0. The number of hydrogen-bond donors (Lipinski definition) is 1. The summed E-state index contributed by atoms with van der Waals surface area (Å²) in [7, 11) is 2.79. The van der Waals surface area contributed by atoms with Crippen molar-refractivity contribution in [2.75, 3.05) is 20.0 Å². The first-order valence-corrected chi connectivity index (χ1v) is 5.88. The monoisotopic (exact) mass is 275 g/mol. The Bertz CT molecular complexity index is 656. The van der Waals surface area contributed by atoms with Gasteiger partial charge >= 0.3 is 5.97 Å². The maximum Gasteiger partial charge on any atom is 0.339 e. The molecule has 2 N–H and O–H groups in total. The Morgan fingerprint density at radius 3 is 2.50 bits per heavy atom. The molecule has 20 heavy (non-hydrogen) atoms. The average Bonchev–Trinajstić information content (AvgIpc) is 2.46. The third-order valence-corrected chi connectivity index (χ3v) is 2.93. The van der Waals surface area contributed by atoms with Crippen LogP contribution in [0, 0.1) is 5.82 Å². The number of carbonyl (C=O) groups is 1. The van der Waals surface area contributed by atoms with E-state index in [1.807, 2.05) is 0 Å². The van der Waals surface area contributed by atoms with E-state index >= 15 is 0 Å². The van der Waals surface area contributed by atoms with Crippen LogP contribution in [0.1, 0.15) is 10.4 Å². The van der Waals surface area contributed by atoms with E-state index < -0.39 is 5.97 Å². The molecule has 0 aliphatic heterocycles. The van der Waals surface area contributed by atoms with Crippen LogP contribution in [0.5, 0.6) is 5.75 Å². The first kappa shape index (κ1) is 13.9. The van der Waals surface area contributed by atoms with Crippen LogP contribution in [0.4, 0.5) is 10.1 Å². The Labute approximate surface area is 115 Å². The van der Waals surface area contributed by atoms with Gasteiger partial charge in [0.1, 0.15) is 11.6 Å². The minimum atomic E-state index is -0.514. The first-order valence-electron chi connectivity index (χ1n) is 5.88. The van der Waals surface area contributed by atoms with Crippen molar-refractivity contribution >= 4 is 11.7 Å². The maximum atomic E-state index is 13.4. The molecule has 5 heteroatoms. The summed E-state index contributed by atoms with van der Waals surface area (Å²) in [5.74, 6) is -0.367. The van der Waals surface area contributed by atoms with Crippen molar-refractivity contribution in [3.05, 3.63) is 47.8 Å². The molecule has 0 unspecified atom stereocenters. The quantitative estimate of drug-likeness (QED) is 0.691. The van der Waals surface area contributed by atoms with Gasteiger partial charge in [0.15, 0.2) is 0 Å². The molecule has 0 heterocycles. The number of nitrogen functional groups attached to an aromatic ring is 1. The van der Waals surface area contributed by atoms with Crippen LogP contribution in [0.3, 0.4) is 0 Å². The van der Waals surface area contributed by atoms with Gasteiger partial charge in [-0.05, 0) is 35.9 Å². The van der Waals surface area contributed by atoms with Gasteiger partial charge in [-0.25, -0.2) is 9.18 Å². The summed E-state index contributed by atoms with van der Waals surface area (Å²) in [6, 6.07) is 9.00. The molecule has 0 fully saturated rings. The summed E-state index contributed by atoms with van der Waals surface area (Å²) in [6.45, 7) is 0. The lowest BCUT2D eigenvalue weighted by molar-refractivity contribution is 0.0602. The van der Waals surface area contributed by atoms with E-state index in [9.17, 15) is 9.18 Å². The molecular weight excluding hydrogens is 261 g/mol.